The van der Waals surface area contributed by atoms with Crippen molar-refractivity contribution in [1.82, 2.24) is 5.32 Å². The van der Waals surface area contributed by atoms with Crippen molar-refractivity contribution in [2.75, 3.05) is 18.1 Å². The van der Waals surface area contributed by atoms with Gasteiger partial charge in [0.25, 0.3) is 0 Å². The minimum atomic E-state index is 0.835. The Morgan fingerprint density at radius 3 is 2.25 bits per heavy atom. The van der Waals surface area contributed by atoms with Gasteiger partial charge in [0, 0.05) is 6.04 Å². The molecule has 0 radical (unpaired) electrons. The van der Waals surface area contributed by atoms with Crippen molar-refractivity contribution in [2.24, 2.45) is 0 Å². The molecule has 0 unspecified atom stereocenters. The van der Waals surface area contributed by atoms with Crippen molar-refractivity contribution in [1.29, 1.82) is 0 Å². The van der Waals surface area contributed by atoms with Crippen molar-refractivity contribution in [3.8, 4) is 0 Å². The van der Waals surface area contributed by atoms with Crippen LogP contribution < -0.4 is 5.32 Å². The number of unbranched alkanes of at least 4 members (excludes halogenated alkanes) is 6. The van der Waals surface area contributed by atoms with Gasteiger partial charge in [0.1, 0.15) is 0 Å². The number of hydrogen-bond donors (Lipinski definition) is 1. The van der Waals surface area contributed by atoms with Crippen LogP contribution in [0.1, 0.15) is 64.7 Å². The van der Waals surface area contributed by atoms with E-state index in [0.717, 1.165) is 6.04 Å². The predicted octanol–water partition coefficient (Wildman–Crippen LogP) is 4.22. The van der Waals surface area contributed by atoms with Gasteiger partial charge >= 0.3 is 0 Å². The number of nitrogens with one attached hydrogen (secondary N) is 1. The zero-order valence-electron chi connectivity index (χ0n) is 11.0. The molecular formula is C14H29NS. The first-order valence-electron chi connectivity index (χ1n) is 7.24. The minimum Gasteiger partial charge on any atom is -0.314 e. The molecule has 1 heterocycles. The standard InChI is InChI=1S/C14H29NS/c1-2-3-4-5-6-7-8-11-15-14-9-12-16-13-10-14/h14-15H,2-13H2,1H3. The van der Waals surface area contributed by atoms with E-state index in [1.165, 1.54) is 75.8 Å². The van der Waals surface area contributed by atoms with Gasteiger partial charge in [0.05, 0.1) is 0 Å². The number of rotatable bonds is 9. The molecule has 0 saturated carbocycles. The topological polar surface area (TPSA) is 12.0 Å². The summed E-state index contributed by atoms with van der Waals surface area (Å²) in [6, 6.07) is 0.835. The van der Waals surface area contributed by atoms with Crippen LogP contribution in [0.3, 0.4) is 0 Å². The van der Waals surface area contributed by atoms with E-state index in [0.29, 0.717) is 0 Å². The molecule has 0 atom stereocenters. The maximum absolute atomic E-state index is 3.71. The highest BCUT2D eigenvalue weighted by molar-refractivity contribution is 7.99. The average Bonchev–Trinajstić information content (AvgIpc) is 2.34. The molecule has 0 aliphatic carbocycles. The van der Waals surface area contributed by atoms with Crippen LogP contribution in [0.2, 0.25) is 0 Å². The van der Waals surface area contributed by atoms with Gasteiger partial charge in [-0.2, -0.15) is 11.8 Å². The third kappa shape index (κ3) is 7.56. The molecule has 0 aromatic carbocycles. The second-order valence-electron chi connectivity index (χ2n) is 4.96. The third-order valence-electron chi connectivity index (χ3n) is 3.43. The zero-order chi connectivity index (χ0) is 11.5. The summed E-state index contributed by atoms with van der Waals surface area (Å²) in [6.07, 6.45) is 12.7. The minimum absolute atomic E-state index is 0.835. The Morgan fingerprint density at radius 1 is 0.938 bits per heavy atom. The fourth-order valence-corrected chi connectivity index (χ4v) is 3.40. The Hall–Kier alpha value is 0.310. The highest BCUT2D eigenvalue weighted by atomic mass is 32.2. The van der Waals surface area contributed by atoms with Gasteiger partial charge in [-0.15, -0.1) is 0 Å². The van der Waals surface area contributed by atoms with Gasteiger partial charge in [-0.25, -0.2) is 0 Å². The summed E-state index contributed by atoms with van der Waals surface area (Å²) < 4.78 is 0. The van der Waals surface area contributed by atoms with Crippen LogP contribution >= 0.6 is 11.8 Å². The summed E-state index contributed by atoms with van der Waals surface area (Å²) in [6.45, 7) is 3.54. The van der Waals surface area contributed by atoms with E-state index in [9.17, 15) is 0 Å². The quantitative estimate of drug-likeness (QED) is 0.608. The molecule has 16 heavy (non-hydrogen) atoms. The molecule has 96 valence electrons. The van der Waals surface area contributed by atoms with E-state index in [2.05, 4.69) is 24.0 Å². The molecule has 0 spiro atoms. The molecule has 1 rings (SSSR count). The van der Waals surface area contributed by atoms with Gasteiger partial charge in [0.15, 0.2) is 0 Å². The fourth-order valence-electron chi connectivity index (χ4n) is 2.29. The molecule has 1 N–H and O–H groups in total. The summed E-state index contributed by atoms with van der Waals surface area (Å²) in [4.78, 5) is 0. The zero-order valence-corrected chi connectivity index (χ0v) is 11.8. The normalized spacial score (nSPS) is 17.8. The molecule has 1 saturated heterocycles. The molecule has 0 bridgehead atoms. The van der Waals surface area contributed by atoms with Crippen LogP contribution in [0.4, 0.5) is 0 Å². The SMILES string of the molecule is CCCCCCCCCNC1CCSCC1. The summed E-state index contributed by atoms with van der Waals surface area (Å²) in [5, 5.41) is 3.71. The molecule has 1 aliphatic rings. The maximum atomic E-state index is 3.71. The molecule has 0 aromatic heterocycles. The van der Waals surface area contributed by atoms with E-state index in [1.54, 1.807) is 0 Å². The van der Waals surface area contributed by atoms with Crippen molar-refractivity contribution in [3.05, 3.63) is 0 Å². The van der Waals surface area contributed by atoms with Gasteiger partial charge in [0.2, 0.25) is 0 Å². The third-order valence-corrected chi connectivity index (χ3v) is 4.48. The molecular weight excluding hydrogens is 214 g/mol. The van der Waals surface area contributed by atoms with Crippen LogP contribution in [0.25, 0.3) is 0 Å². The highest BCUT2D eigenvalue weighted by Crippen LogP contribution is 2.16. The smallest absolute Gasteiger partial charge is 0.00827 e. The molecule has 1 nitrogen and oxygen atoms in total. The first-order chi connectivity index (χ1) is 7.93. The van der Waals surface area contributed by atoms with Crippen molar-refractivity contribution < 1.29 is 0 Å². The summed E-state index contributed by atoms with van der Waals surface area (Å²) in [7, 11) is 0. The first kappa shape index (κ1) is 14.4. The highest BCUT2D eigenvalue weighted by Gasteiger charge is 2.11. The Labute approximate surface area is 106 Å². The Kier molecular flexibility index (Phi) is 9.40. The molecule has 2 heteroatoms. The maximum Gasteiger partial charge on any atom is 0.00827 e. The van der Waals surface area contributed by atoms with E-state index in [1.807, 2.05) is 0 Å². The summed E-state index contributed by atoms with van der Waals surface area (Å²) in [5.74, 6) is 2.74. The van der Waals surface area contributed by atoms with Crippen molar-refractivity contribution >= 4 is 11.8 Å². The first-order valence-corrected chi connectivity index (χ1v) is 8.40. The van der Waals surface area contributed by atoms with E-state index in [-0.39, 0.29) is 0 Å². The van der Waals surface area contributed by atoms with Crippen LogP contribution in [-0.4, -0.2) is 24.1 Å². The lowest BCUT2D eigenvalue weighted by molar-refractivity contribution is 0.465. The number of thioether (sulfide) groups is 1. The predicted molar refractivity (Wildman–Crippen MR) is 76.3 cm³/mol. The van der Waals surface area contributed by atoms with E-state index < -0.39 is 0 Å². The van der Waals surface area contributed by atoms with Gasteiger partial charge in [-0.3, -0.25) is 0 Å². The second-order valence-corrected chi connectivity index (χ2v) is 6.19. The lowest BCUT2D eigenvalue weighted by Crippen LogP contribution is -2.33. The molecule has 1 fully saturated rings. The van der Waals surface area contributed by atoms with Crippen LogP contribution in [0.15, 0.2) is 0 Å². The van der Waals surface area contributed by atoms with Crippen LogP contribution in [0.5, 0.6) is 0 Å². The van der Waals surface area contributed by atoms with Gasteiger partial charge in [-0.1, -0.05) is 45.4 Å². The summed E-state index contributed by atoms with van der Waals surface area (Å²) in [5.41, 5.74) is 0. The number of hydrogen-bond acceptors (Lipinski definition) is 2. The van der Waals surface area contributed by atoms with Crippen molar-refractivity contribution in [2.45, 2.75) is 70.8 Å². The van der Waals surface area contributed by atoms with Gasteiger partial charge in [-0.05, 0) is 37.3 Å². The Balaban J connectivity index is 1.77. The molecule has 0 amide bonds. The van der Waals surface area contributed by atoms with E-state index in [4.69, 9.17) is 0 Å². The molecule has 1 aliphatic heterocycles. The fraction of sp³-hybridized carbons (Fsp3) is 1.00. The van der Waals surface area contributed by atoms with Crippen LogP contribution in [-0.2, 0) is 0 Å². The van der Waals surface area contributed by atoms with Gasteiger partial charge < -0.3 is 5.32 Å². The Morgan fingerprint density at radius 2 is 1.56 bits per heavy atom. The lowest BCUT2D eigenvalue weighted by Gasteiger charge is -2.22. The largest absolute Gasteiger partial charge is 0.314 e. The molecule has 0 aromatic rings. The average molecular weight is 243 g/mol. The monoisotopic (exact) mass is 243 g/mol. The van der Waals surface area contributed by atoms with Crippen molar-refractivity contribution in [3.63, 3.8) is 0 Å². The summed E-state index contributed by atoms with van der Waals surface area (Å²) >= 11 is 2.11. The lowest BCUT2D eigenvalue weighted by atomic mass is 10.1. The van der Waals surface area contributed by atoms with E-state index >= 15 is 0 Å². The Bertz CT molecular complexity index is 144. The second kappa shape index (κ2) is 10.5. The van der Waals surface area contributed by atoms with Crippen LogP contribution in [0, 0.1) is 0 Å².